The SMILES string of the molecule is CCOC(C)(C)CNC1CCOC2(CCOCC2)C1. The van der Waals surface area contributed by atoms with Crippen LogP contribution in [0.5, 0.6) is 0 Å². The summed E-state index contributed by atoms with van der Waals surface area (Å²) in [5.41, 5.74) is -0.0141. The summed E-state index contributed by atoms with van der Waals surface area (Å²) in [7, 11) is 0. The zero-order chi connectivity index (χ0) is 13.8. The smallest absolute Gasteiger partial charge is 0.0750 e. The highest BCUT2D eigenvalue weighted by Gasteiger charge is 2.39. The van der Waals surface area contributed by atoms with Gasteiger partial charge in [0.05, 0.1) is 11.2 Å². The maximum Gasteiger partial charge on any atom is 0.0750 e. The Labute approximate surface area is 117 Å². The molecule has 2 aliphatic rings. The van der Waals surface area contributed by atoms with Crippen LogP contribution in [0.2, 0.25) is 0 Å². The second-order valence-corrected chi connectivity index (χ2v) is 6.41. The topological polar surface area (TPSA) is 39.7 Å². The highest BCUT2D eigenvalue weighted by Crippen LogP contribution is 2.34. The van der Waals surface area contributed by atoms with Crippen molar-refractivity contribution < 1.29 is 14.2 Å². The van der Waals surface area contributed by atoms with Crippen LogP contribution in [0.3, 0.4) is 0 Å². The molecular weight excluding hydrogens is 242 g/mol. The zero-order valence-corrected chi connectivity index (χ0v) is 12.7. The van der Waals surface area contributed by atoms with Crippen molar-refractivity contribution in [1.82, 2.24) is 5.32 Å². The van der Waals surface area contributed by atoms with Crippen LogP contribution >= 0.6 is 0 Å². The highest BCUT2D eigenvalue weighted by molar-refractivity contribution is 4.92. The van der Waals surface area contributed by atoms with E-state index in [-0.39, 0.29) is 11.2 Å². The fourth-order valence-electron chi connectivity index (χ4n) is 3.13. The summed E-state index contributed by atoms with van der Waals surface area (Å²) in [5.74, 6) is 0. The van der Waals surface area contributed by atoms with E-state index in [0.717, 1.165) is 58.7 Å². The van der Waals surface area contributed by atoms with Gasteiger partial charge in [-0.25, -0.2) is 0 Å². The Kier molecular flexibility index (Phi) is 5.23. The lowest BCUT2D eigenvalue weighted by Gasteiger charge is -2.44. The van der Waals surface area contributed by atoms with Crippen molar-refractivity contribution in [1.29, 1.82) is 0 Å². The zero-order valence-electron chi connectivity index (χ0n) is 12.7. The lowest BCUT2D eigenvalue weighted by molar-refractivity contribution is -0.141. The van der Waals surface area contributed by atoms with E-state index in [1.807, 2.05) is 6.92 Å². The van der Waals surface area contributed by atoms with Gasteiger partial charge in [-0.05, 0) is 46.5 Å². The largest absolute Gasteiger partial charge is 0.381 e. The van der Waals surface area contributed by atoms with Crippen LogP contribution in [0.4, 0.5) is 0 Å². The molecule has 2 saturated heterocycles. The van der Waals surface area contributed by atoms with Crippen molar-refractivity contribution in [2.75, 3.05) is 33.0 Å². The summed E-state index contributed by atoms with van der Waals surface area (Å²) in [6.45, 7) is 10.6. The Morgan fingerprint density at radius 3 is 2.68 bits per heavy atom. The third-order valence-corrected chi connectivity index (χ3v) is 4.25. The first-order valence-electron chi connectivity index (χ1n) is 7.64. The van der Waals surface area contributed by atoms with E-state index in [2.05, 4.69) is 19.2 Å². The Morgan fingerprint density at radius 2 is 2.00 bits per heavy atom. The van der Waals surface area contributed by atoms with E-state index in [0.29, 0.717) is 6.04 Å². The fraction of sp³-hybridized carbons (Fsp3) is 1.00. The third-order valence-electron chi connectivity index (χ3n) is 4.25. The van der Waals surface area contributed by atoms with Crippen molar-refractivity contribution in [2.45, 2.75) is 63.7 Å². The molecule has 0 radical (unpaired) electrons. The van der Waals surface area contributed by atoms with Crippen LogP contribution < -0.4 is 5.32 Å². The van der Waals surface area contributed by atoms with Gasteiger partial charge in [-0.2, -0.15) is 0 Å². The van der Waals surface area contributed by atoms with Crippen LogP contribution in [-0.2, 0) is 14.2 Å². The average molecular weight is 271 g/mol. The van der Waals surface area contributed by atoms with Crippen molar-refractivity contribution >= 4 is 0 Å². The molecule has 0 aliphatic carbocycles. The lowest BCUT2D eigenvalue weighted by atomic mass is 9.84. The van der Waals surface area contributed by atoms with E-state index in [4.69, 9.17) is 14.2 Å². The Morgan fingerprint density at radius 1 is 1.26 bits per heavy atom. The molecular formula is C15H29NO3. The maximum atomic E-state index is 6.06. The minimum Gasteiger partial charge on any atom is -0.381 e. The summed E-state index contributed by atoms with van der Waals surface area (Å²) in [4.78, 5) is 0. The molecule has 4 heteroatoms. The van der Waals surface area contributed by atoms with Crippen LogP contribution in [0.15, 0.2) is 0 Å². The van der Waals surface area contributed by atoms with Gasteiger partial charge in [-0.3, -0.25) is 0 Å². The van der Waals surface area contributed by atoms with E-state index < -0.39 is 0 Å². The van der Waals surface area contributed by atoms with Gasteiger partial charge in [0.25, 0.3) is 0 Å². The van der Waals surface area contributed by atoms with E-state index in [9.17, 15) is 0 Å². The molecule has 2 fully saturated rings. The molecule has 0 amide bonds. The van der Waals surface area contributed by atoms with Crippen molar-refractivity contribution in [3.05, 3.63) is 0 Å². The lowest BCUT2D eigenvalue weighted by Crippen LogP contribution is -2.52. The van der Waals surface area contributed by atoms with Crippen molar-refractivity contribution in [3.63, 3.8) is 0 Å². The minimum atomic E-state index is -0.0874. The van der Waals surface area contributed by atoms with Crippen molar-refractivity contribution in [2.24, 2.45) is 0 Å². The van der Waals surface area contributed by atoms with Crippen LogP contribution in [-0.4, -0.2) is 50.2 Å². The van der Waals surface area contributed by atoms with Crippen LogP contribution in [0.1, 0.15) is 46.5 Å². The molecule has 0 saturated carbocycles. The molecule has 2 rings (SSSR count). The predicted molar refractivity (Wildman–Crippen MR) is 75.5 cm³/mol. The first kappa shape index (κ1) is 15.2. The first-order valence-corrected chi connectivity index (χ1v) is 7.64. The molecule has 0 aromatic carbocycles. The summed E-state index contributed by atoms with van der Waals surface area (Å²) in [6.07, 6.45) is 4.30. The van der Waals surface area contributed by atoms with Crippen molar-refractivity contribution in [3.8, 4) is 0 Å². The Balaban J connectivity index is 1.81. The number of hydrogen-bond acceptors (Lipinski definition) is 4. The normalized spacial score (nSPS) is 27.6. The molecule has 19 heavy (non-hydrogen) atoms. The summed E-state index contributed by atoms with van der Waals surface area (Å²) in [6, 6.07) is 0.548. The first-order chi connectivity index (χ1) is 9.05. The highest BCUT2D eigenvalue weighted by atomic mass is 16.5. The minimum absolute atomic E-state index is 0.0733. The monoisotopic (exact) mass is 271 g/mol. The van der Waals surface area contributed by atoms with Crippen LogP contribution in [0.25, 0.3) is 0 Å². The molecule has 1 N–H and O–H groups in total. The molecule has 0 aromatic heterocycles. The van der Waals surface area contributed by atoms with Gasteiger partial charge < -0.3 is 19.5 Å². The standard InChI is InChI=1S/C15H29NO3/c1-4-18-14(2,3)12-16-13-5-8-19-15(11-13)6-9-17-10-7-15/h13,16H,4-12H2,1-3H3. The second-order valence-electron chi connectivity index (χ2n) is 6.41. The summed E-state index contributed by atoms with van der Waals surface area (Å²) >= 11 is 0. The third kappa shape index (κ3) is 4.42. The van der Waals surface area contributed by atoms with Gasteiger partial charge in [0, 0.05) is 39.0 Å². The molecule has 0 aromatic rings. The van der Waals surface area contributed by atoms with E-state index in [1.54, 1.807) is 0 Å². The van der Waals surface area contributed by atoms with Gasteiger partial charge >= 0.3 is 0 Å². The van der Waals surface area contributed by atoms with E-state index in [1.165, 1.54) is 0 Å². The average Bonchev–Trinajstić information content (AvgIpc) is 2.38. The molecule has 112 valence electrons. The summed E-state index contributed by atoms with van der Waals surface area (Å²) < 4.78 is 17.3. The number of nitrogens with one attached hydrogen (secondary N) is 1. The molecule has 1 unspecified atom stereocenters. The fourth-order valence-corrected chi connectivity index (χ4v) is 3.13. The molecule has 4 nitrogen and oxygen atoms in total. The molecule has 2 aliphatic heterocycles. The van der Waals surface area contributed by atoms with Gasteiger partial charge in [0.15, 0.2) is 0 Å². The van der Waals surface area contributed by atoms with Gasteiger partial charge in [0.2, 0.25) is 0 Å². The van der Waals surface area contributed by atoms with Gasteiger partial charge in [-0.1, -0.05) is 0 Å². The molecule has 1 atom stereocenters. The number of ether oxygens (including phenoxy) is 3. The quantitative estimate of drug-likeness (QED) is 0.831. The molecule has 2 heterocycles. The second kappa shape index (κ2) is 6.53. The summed E-state index contributed by atoms with van der Waals surface area (Å²) in [5, 5.41) is 3.67. The van der Waals surface area contributed by atoms with Gasteiger partial charge in [0.1, 0.15) is 0 Å². The number of rotatable bonds is 5. The predicted octanol–water partition coefficient (Wildman–Crippen LogP) is 2.12. The molecule has 1 spiro atoms. The molecule has 0 bridgehead atoms. The van der Waals surface area contributed by atoms with E-state index >= 15 is 0 Å². The van der Waals surface area contributed by atoms with Crippen LogP contribution in [0, 0.1) is 0 Å². The Bertz CT molecular complexity index is 269. The maximum absolute atomic E-state index is 6.06. The van der Waals surface area contributed by atoms with Gasteiger partial charge in [-0.15, -0.1) is 0 Å². The Hall–Kier alpha value is -0.160. The number of hydrogen-bond donors (Lipinski definition) is 1.